The Morgan fingerprint density at radius 1 is 1.50 bits per heavy atom. The van der Waals surface area contributed by atoms with E-state index in [-0.39, 0.29) is 5.91 Å². The molecule has 108 valence electrons. The van der Waals surface area contributed by atoms with E-state index in [2.05, 4.69) is 10.2 Å². The van der Waals surface area contributed by atoms with Gasteiger partial charge in [-0.05, 0) is 32.3 Å². The standard InChI is InChI=1S/C14H20N4OS/c1-3-12-11(8-9(2)16-17-12)14(19)18(10-4-5-10)7-6-13(15)20/h8,10H,3-7H2,1-2H3,(H2,15,20). The van der Waals surface area contributed by atoms with E-state index in [1.165, 1.54) is 0 Å². The van der Waals surface area contributed by atoms with Crippen LogP contribution in [-0.4, -0.2) is 38.6 Å². The van der Waals surface area contributed by atoms with E-state index < -0.39 is 0 Å². The van der Waals surface area contributed by atoms with Crippen molar-refractivity contribution >= 4 is 23.1 Å². The fourth-order valence-corrected chi connectivity index (χ4v) is 2.27. The predicted molar refractivity (Wildman–Crippen MR) is 81.6 cm³/mol. The Labute approximate surface area is 124 Å². The Balaban J connectivity index is 2.22. The van der Waals surface area contributed by atoms with Gasteiger partial charge in [-0.25, -0.2) is 0 Å². The largest absolute Gasteiger partial charge is 0.393 e. The molecule has 0 atom stereocenters. The van der Waals surface area contributed by atoms with E-state index in [4.69, 9.17) is 18.0 Å². The first-order chi connectivity index (χ1) is 9.52. The van der Waals surface area contributed by atoms with Crippen molar-refractivity contribution in [3.8, 4) is 0 Å². The highest BCUT2D eigenvalue weighted by Gasteiger charge is 2.33. The van der Waals surface area contributed by atoms with E-state index >= 15 is 0 Å². The third kappa shape index (κ3) is 3.50. The maximum atomic E-state index is 12.7. The van der Waals surface area contributed by atoms with E-state index in [9.17, 15) is 4.79 Å². The van der Waals surface area contributed by atoms with Crippen LogP contribution >= 0.6 is 12.2 Å². The molecule has 0 bridgehead atoms. The highest BCUT2D eigenvalue weighted by molar-refractivity contribution is 7.80. The molecule has 1 aromatic heterocycles. The topological polar surface area (TPSA) is 72.1 Å². The number of hydrogen-bond donors (Lipinski definition) is 1. The Hall–Kier alpha value is -1.56. The quantitative estimate of drug-likeness (QED) is 0.807. The van der Waals surface area contributed by atoms with E-state index in [0.717, 1.165) is 24.2 Å². The number of nitrogens with two attached hydrogens (primary N) is 1. The van der Waals surface area contributed by atoms with Crippen LogP contribution in [0.5, 0.6) is 0 Å². The van der Waals surface area contributed by atoms with Gasteiger partial charge in [0.1, 0.15) is 0 Å². The summed E-state index contributed by atoms with van der Waals surface area (Å²) in [5, 5.41) is 8.15. The molecular formula is C14H20N4OS. The van der Waals surface area contributed by atoms with Crippen LogP contribution in [0.25, 0.3) is 0 Å². The van der Waals surface area contributed by atoms with Crippen LogP contribution in [0.4, 0.5) is 0 Å². The molecule has 2 N–H and O–H groups in total. The molecule has 0 spiro atoms. The molecule has 0 saturated heterocycles. The number of amides is 1. The fraction of sp³-hybridized carbons (Fsp3) is 0.571. The summed E-state index contributed by atoms with van der Waals surface area (Å²) >= 11 is 4.91. The van der Waals surface area contributed by atoms with Crippen molar-refractivity contribution in [2.45, 2.75) is 45.6 Å². The second kappa shape index (κ2) is 6.26. The summed E-state index contributed by atoms with van der Waals surface area (Å²) in [6.45, 7) is 4.41. The van der Waals surface area contributed by atoms with Crippen LogP contribution in [0.1, 0.15) is 47.9 Å². The average molecular weight is 292 g/mol. The molecule has 5 nitrogen and oxygen atoms in total. The molecule has 0 aromatic carbocycles. The number of rotatable bonds is 6. The van der Waals surface area contributed by atoms with Crippen LogP contribution in [0.3, 0.4) is 0 Å². The molecule has 1 amide bonds. The summed E-state index contributed by atoms with van der Waals surface area (Å²) in [7, 11) is 0. The van der Waals surface area contributed by atoms with E-state index in [0.29, 0.717) is 36.0 Å². The summed E-state index contributed by atoms with van der Waals surface area (Å²) in [5.74, 6) is 0.0265. The van der Waals surface area contributed by atoms with Gasteiger partial charge in [-0.15, -0.1) is 0 Å². The van der Waals surface area contributed by atoms with Gasteiger partial charge >= 0.3 is 0 Å². The number of nitrogens with zero attached hydrogens (tertiary/aromatic N) is 3. The van der Waals surface area contributed by atoms with Crippen LogP contribution in [-0.2, 0) is 6.42 Å². The van der Waals surface area contributed by atoms with Gasteiger partial charge in [0, 0.05) is 19.0 Å². The van der Waals surface area contributed by atoms with Gasteiger partial charge in [-0.3, -0.25) is 4.79 Å². The number of carbonyl (C=O) groups is 1. The lowest BCUT2D eigenvalue weighted by atomic mass is 10.1. The molecule has 1 aromatic rings. The van der Waals surface area contributed by atoms with Gasteiger partial charge in [0.25, 0.3) is 5.91 Å². The zero-order valence-corrected chi connectivity index (χ0v) is 12.7. The molecule has 1 fully saturated rings. The number of hydrogen-bond acceptors (Lipinski definition) is 4. The first-order valence-corrected chi connectivity index (χ1v) is 7.36. The minimum absolute atomic E-state index is 0.0265. The van der Waals surface area contributed by atoms with E-state index in [1.54, 1.807) is 0 Å². The van der Waals surface area contributed by atoms with Crippen molar-refractivity contribution in [1.82, 2.24) is 15.1 Å². The van der Waals surface area contributed by atoms with Crippen molar-refractivity contribution in [2.75, 3.05) is 6.54 Å². The normalized spacial score (nSPS) is 14.1. The number of carbonyl (C=O) groups excluding carboxylic acids is 1. The number of aryl methyl sites for hydroxylation is 2. The Bertz CT molecular complexity index is 528. The van der Waals surface area contributed by atoms with E-state index in [1.807, 2.05) is 24.8 Å². The first-order valence-electron chi connectivity index (χ1n) is 6.95. The highest BCUT2D eigenvalue weighted by atomic mass is 32.1. The number of thiocarbonyl (C=S) groups is 1. The average Bonchev–Trinajstić information content (AvgIpc) is 3.23. The predicted octanol–water partition coefficient (Wildman–Crippen LogP) is 1.63. The molecule has 2 rings (SSSR count). The van der Waals surface area contributed by atoms with Gasteiger partial charge in [0.15, 0.2) is 0 Å². The summed E-state index contributed by atoms with van der Waals surface area (Å²) in [6.07, 6.45) is 3.38. The molecule has 0 aliphatic heterocycles. The minimum atomic E-state index is 0.0265. The molecular weight excluding hydrogens is 272 g/mol. The van der Waals surface area contributed by atoms with Crippen molar-refractivity contribution in [3.05, 3.63) is 23.0 Å². The van der Waals surface area contributed by atoms with Gasteiger partial charge in [-0.2, -0.15) is 10.2 Å². The maximum absolute atomic E-state index is 12.7. The Morgan fingerprint density at radius 3 is 2.75 bits per heavy atom. The molecule has 6 heteroatoms. The molecule has 1 heterocycles. The van der Waals surface area contributed by atoms with Crippen molar-refractivity contribution in [2.24, 2.45) is 5.73 Å². The van der Waals surface area contributed by atoms with Crippen molar-refractivity contribution in [3.63, 3.8) is 0 Å². The zero-order chi connectivity index (χ0) is 14.7. The third-order valence-electron chi connectivity index (χ3n) is 3.41. The summed E-state index contributed by atoms with van der Waals surface area (Å²) in [6, 6.07) is 2.15. The Morgan fingerprint density at radius 2 is 2.20 bits per heavy atom. The molecule has 1 aliphatic rings. The minimum Gasteiger partial charge on any atom is -0.393 e. The smallest absolute Gasteiger partial charge is 0.256 e. The monoisotopic (exact) mass is 292 g/mol. The first kappa shape index (κ1) is 14.8. The SMILES string of the molecule is CCc1nnc(C)cc1C(=O)N(CCC(N)=S)C1CC1. The molecule has 1 aliphatic carbocycles. The summed E-state index contributed by atoms with van der Waals surface area (Å²) < 4.78 is 0. The van der Waals surface area contributed by atoms with Gasteiger partial charge < -0.3 is 10.6 Å². The van der Waals surface area contributed by atoms with Crippen molar-refractivity contribution in [1.29, 1.82) is 0 Å². The fourth-order valence-electron chi connectivity index (χ4n) is 2.18. The molecule has 0 unspecified atom stereocenters. The van der Waals surface area contributed by atoms with Crippen LogP contribution in [0.15, 0.2) is 6.07 Å². The molecule has 20 heavy (non-hydrogen) atoms. The lowest BCUT2D eigenvalue weighted by molar-refractivity contribution is 0.0746. The molecule has 0 radical (unpaired) electrons. The lowest BCUT2D eigenvalue weighted by Crippen LogP contribution is -2.36. The lowest BCUT2D eigenvalue weighted by Gasteiger charge is -2.23. The Kier molecular flexibility index (Phi) is 4.65. The maximum Gasteiger partial charge on any atom is 0.256 e. The second-order valence-corrected chi connectivity index (χ2v) is 5.67. The third-order valence-corrected chi connectivity index (χ3v) is 3.61. The number of aromatic nitrogens is 2. The van der Waals surface area contributed by atoms with Crippen molar-refractivity contribution < 1.29 is 4.79 Å². The second-order valence-electron chi connectivity index (χ2n) is 5.15. The van der Waals surface area contributed by atoms with Gasteiger partial charge in [-0.1, -0.05) is 19.1 Å². The van der Waals surface area contributed by atoms with Crippen LogP contribution in [0, 0.1) is 6.92 Å². The molecule has 1 saturated carbocycles. The van der Waals surface area contributed by atoms with Crippen LogP contribution in [0.2, 0.25) is 0 Å². The van der Waals surface area contributed by atoms with Gasteiger partial charge in [0.2, 0.25) is 0 Å². The highest BCUT2D eigenvalue weighted by Crippen LogP contribution is 2.29. The van der Waals surface area contributed by atoms with Gasteiger partial charge in [0.05, 0.1) is 21.9 Å². The summed E-state index contributed by atoms with van der Waals surface area (Å²) in [5.41, 5.74) is 7.72. The zero-order valence-electron chi connectivity index (χ0n) is 11.9. The van der Waals surface area contributed by atoms with Crippen LogP contribution < -0.4 is 5.73 Å². The summed E-state index contributed by atoms with van der Waals surface area (Å²) in [4.78, 5) is 15.1.